The van der Waals surface area contributed by atoms with Crippen LogP contribution in [0.3, 0.4) is 0 Å². The first-order valence-corrected chi connectivity index (χ1v) is 11.2. The van der Waals surface area contributed by atoms with Crippen LogP contribution in [0.25, 0.3) is 0 Å². The molecule has 0 saturated carbocycles. The maximum atomic E-state index is 14.3. The van der Waals surface area contributed by atoms with E-state index in [2.05, 4.69) is 0 Å². The second-order valence-electron chi connectivity index (χ2n) is 7.52. The van der Waals surface area contributed by atoms with Crippen molar-refractivity contribution in [3.05, 3.63) is 52.6 Å². The minimum atomic E-state index is -5.27. The maximum absolute atomic E-state index is 14.3. The molecule has 1 atom stereocenters. The van der Waals surface area contributed by atoms with Crippen LogP contribution in [0, 0.1) is 23.3 Å². The van der Waals surface area contributed by atoms with E-state index in [-0.39, 0.29) is 0 Å². The van der Waals surface area contributed by atoms with Crippen molar-refractivity contribution >= 4 is 15.7 Å². The molecule has 0 amide bonds. The molecule has 1 aliphatic heterocycles. The highest BCUT2D eigenvalue weighted by atomic mass is 32.2. The Hall–Kier alpha value is -2.54. The summed E-state index contributed by atoms with van der Waals surface area (Å²) in [6.07, 6.45) is -5.47. The van der Waals surface area contributed by atoms with Crippen molar-refractivity contribution in [2.75, 3.05) is 24.9 Å². The summed E-state index contributed by atoms with van der Waals surface area (Å²) in [7, 11) is -3.53. The van der Waals surface area contributed by atoms with Gasteiger partial charge in [0, 0.05) is 24.7 Å². The van der Waals surface area contributed by atoms with Crippen LogP contribution >= 0.6 is 0 Å². The summed E-state index contributed by atoms with van der Waals surface area (Å²) in [6, 6.07) is 1.92. The van der Waals surface area contributed by atoms with E-state index in [1.54, 1.807) is 11.8 Å². The predicted octanol–water partition coefficient (Wildman–Crippen LogP) is 4.71. The molecule has 13 heteroatoms. The number of hydrogen-bond donors (Lipinski definition) is 1. The van der Waals surface area contributed by atoms with Crippen LogP contribution in [0.4, 0.5) is 36.4 Å². The third kappa shape index (κ3) is 5.03. The van der Waals surface area contributed by atoms with Gasteiger partial charge in [-0.2, -0.15) is 13.2 Å². The molecule has 1 aliphatic rings. The molecular weight excluding hydrogens is 481 g/mol. The summed E-state index contributed by atoms with van der Waals surface area (Å²) in [6.45, 7) is 2.10. The smallest absolute Gasteiger partial charge is 0.419 e. The Morgan fingerprint density at radius 3 is 2.18 bits per heavy atom. The molecule has 0 bridgehead atoms. The Morgan fingerprint density at radius 2 is 1.70 bits per heavy atom. The molecule has 182 valence electrons. The first-order chi connectivity index (χ1) is 15.3. The molecule has 1 heterocycles. The van der Waals surface area contributed by atoms with E-state index in [1.165, 1.54) is 6.92 Å². The largest absolute Gasteiger partial charge is 0.488 e. The molecule has 0 aliphatic carbocycles. The third-order valence-electron chi connectivity index (χ3n) is 5.12. The number of nitrogens with one attached hydrogen (secondary N) is 1. The quantitative estimate of drug-likeness (QED) is 0.461. The SMILES string of the molecule is CCc1c(F)c(F)c(S(=O)(=O)Nc2ccc(C(F)(F)F)c(O[C@@H]3CCN(C)C3)c2)c(F)c1F. The number of benzene rings is 2. The van der Waals surface area contributed by atoms with Crippen molar-refractivity contribution in [1.29, 1.82) is 0 Å². The minimum absolute atomic E-state index is 0.325. The van der Waals surface area contributed by atoms with Gasteiger partial charge in [0.1, 0.15) is 11.9 Å². The van der Waals surface area contributed by atoms with Crippen LogP contribution < -0.4 is 9.46 Å². The van der Waals surface area contributed by atoms with Gasteiger partial charge in [-0.25, -0.2) is 26.0 Å². The molecule has 0 unspecified atom stereocenters. The van der Waals surface area contributed by atoms with Crippen molar-refractivity contribution in [3.63, 3.8) is 0 Å². The van der Waals surface area contributed by atoms with Gasteiger partial charge >= 0.3 is 6.18 Å². The van der Waals surface area contributed by atoms with Gasteiger partial charge in [-0.3, -0.25) is 4.72 Å². The molecule has 3 rings (SSSR count). The summed E-state index contributed by atoms with van der Waals surface area (Å²) >= 11 is 0. The van der Waals surface area contributed by atoms with Gasteiger partial charge in [-0.05, 0) is 32.0 Å². The highest BCUT2D eigenvalue weighted by Gasteiger charge is 2.37. The summed E-state index contributed by atoms with van der Waals surface area (Å²) in [5.74, 6) is -8.74. The molecular formula is C20H19F7N2O3S. The van der Waals surface area contributed by atoms with Gasteiger partial charge in [0.15, 0.2) is 28.2 Å². The van der Waals surface area contributed by atoms with Gasteiger partial charge in [-0.1, -0.05) is 6.92 Å². The lowest BCUT2D eigenvalue weighted by Crippen LogP contribution is -2.23. The Morgan fingerprint density at radius 1 is 1.09 bits per heavy atom. The molecule has 1 N–H and O–H groups in total. The normalized spacial score (nSPS) is 17.4. The lowest BCUT2D eigenvalue weighted by molar-refractivity contribution is -0.139. The van der Waals surface area contributed by atoms with Gasteiger partial charge in [0.2, 0.25) is 0 Å². The number of alkyl halides is 3. The third-order valence-corrected chi connectivity index (χ3v) is 6.52. The van der Waals surface area contributed by atoms with E-state index >= 15 is 0 Å². The average Bonchev–Trinajstić information content (AvgIpc) is 3.10. The molecule has 33 heavy (non-hydrogen) atoms. The zero-order valence-corrected chi connectivity index (χ0v) is 18.2. The molecule has 5 nitrogen and oxygen atoms in total. The fourth-order valence-electron chi connectivity index (χ4n) is 3.50. The summed E-state index contributed by atoms with van der Waals surface area (Å²) in [4.78, 5) is -0.103. The number of sulfonamides is 1. The highest BCUT2D eigenvalue weighted by molar-refractivity contribution is 7.92. The lowest BCUT2D eigenvalue weighted by atomic mass is 10.1. The first kappa shape index (κ1) is 25.1. The van der Waals surface area contributed by atoms with Crippen LogP contribution in [0.2, 0.25) is 0 Å². The fourth-order valence-corrected chi connectivity index (χ4v) is 4.69. The van der Waals surface area contributed by atoms with Crippen LogP contribution in [0.15, 0.2) is 23.1 Å². The zero-order valence-electron chi connectivity index (χ0n) is 17.4. The Labute approximate surface area is 185 Å². The van der Waals surface area contributed by atoms with Crippen molar-refractivity contribution in [2.24, 2.45) is 0 Å². The van der Waals surface area contributed by atoms with Crippen LogP contribution in [-0.4, -0.2) is 39.6 Å². The molecule has 2 aromatic rings. The number of ether oxygens (including phenoxy) is 1. The van der Waals surface area contributed by atoms with Crippen molar-refractivity contribution < 1.29 is 43.9 Å². The second-order valence-corrected chi connectivity index (χ2v) is 9.14. The summed E-state index contributed by atoms with van der Waals surface area (Å²) in [5, 5.41) is 0. The topological polar surface area (TPSA) is 58.6 Å². The highest BCUT2D eigenvalue weighted by Crippen LogP contribution is 2.39. The van der Waals surface area contributed by atoms with Crippen LogP contribution in [0.5, 0.6) is 5.75 Å². The number of rotatable bonds is 6. The van der Waals surface area contributed by atoms with Crippen molar-refractivity contribution in [2.45, 2.75) is 36.9 Å². The van der Waals surface area contributed by atoms with E-state index < -0.39 is 79.5 Å². The van der Waals surface area contributed by atoms with E-state index in [4.69, 9.17) is 4.74 Å². The van der Waals surface area contributed by atoms with Crippen molar-refractivity contribution in [3.8, 4) is 5.75 Å². The molecule has 0 radical (unpaired) electrons. The van der Waals surface area contributed by atoms with Gasteiger partial charge < -0.3 is 9.64 Å². The molecule has 1 fully saturated rings. The van der Waals surface area contributed by atoms with Gasteiger partial charge in [-0.15, -0.1) is 0 Å². The summed E-state index contributed by atoms with van der Waals surface area (Å²) in [5.41, 5.74) is -2.72. The van der Waals surface area contributed by atoms with E-state index in [0.29, 0.717) is 37.7 Å². The minimum Gasteiger partial charge on any atom is -0.488 e. The number of hydrogen-bond acceptors (Lipinski definition) is 4. The number of nitrogens with zero attached hydrogens (tertiary/aromatic N) is 1. The maximum Gasteiger partial charge on any atom is 0.419 e. The predicted molar refractivity (Wildman–Crippen MR) is 104 cm³/mol. The standard InChI is InChI=1S/C20H19F7N2O3S/c1-3-12-15(21)17(23)19(18(24)16(12)22)33(30,31)28-10-4-5-13(20(25,26)27)14(8-10)32-11-6-7-29(2)9-11/h4-5,8,11,28H,3,6-7,9H2,1-2H3/t11-/m1/s1. The monoisotopic (exact) mass is 500 g/mol. The van der Waals surface area contributed by atoms with Crippen LogP contribution in [-0.2, 0) is 22.6 Å². The Bertz CT molecular complexity index is 1140. The van der Waals surface area contributed by atoms with Gasteiger partial charge in [0.05, 0.1) is 11.3 Å². The lowest BCUT2D eigenvalue weighted by Gasteiger charge is -2.20. The number of halogens is 7. The van der Waals surface area contributed by atoms with E-state index in [1.807, 2.05) is 4.90 Å². The molecule has 2 aromatic carbocycles. The zero-order chi connectivity index (χ0) is 24.7. The van der Waals surface area contributed by atoms with Crippen LogP contribution in [0.1, 0.15) is 24.5 Å². The molecule has 0 spiro atoms. The Kier molecular flexibility index (Phi) is 6.85. The number of likely N-dealkylation sites (N-methyl/N-ethyl adjacent to an activating group) is 1. The van der Waals surface area contributed by atoms with Crippen molar-refractivity contribution in [1.82, 2.24) is 4.90 Å². The van der Waals surface area contributed by atoms with E-state index in [9.17, 15) is 39.2 Å². The average molecular weight is 500 g/mol. The second kappa shape index (κ2) is 9.01. The first-order valence-electron chi connectivity index (χ1n) is 9.70. The molecule has 0 aromatic heterocycles. The summed E-state index contributed by atoms with van der Waals surface area (Å²) < 4.78 is 129. The van der Waals surface area contributed by atoms with Gasteiger partial charge in [0.25, 0.3) is 10.0 Å². The number of anilines is 1. The Balaban J connectivity index is 2.02. The fraction of sp³-hybridized carbons (Fsp3) is 0.400. The molecule has 1 saturated heterocycles. The van der Waals surface area contributed by atoms with E-state index in [0.717, 1.165) is 0 Å². The number of likely N-dealkylation sites (tertiary alicyclic amines) is 1.